The van der Waals surface area contributed by atoms with Crippen LogP contribution in [-0.4, -0.2) is 12.4 Å². The van der Waals surface area contributed by atoms with E-state index in [1.165, 1.54) is 13.0 Å². The van der Waals surface area contributed by atoms with E-state index in [-0.39, 0.29) is 0 Å². The summed E-state index contributed by atoms with van der Waals surface area (Å²) in [5.41, 5.74) is -5.39. The second-order valence-electron chi connectivity index (χ2n) is 5.55. The number of rotatable bonds is 2. The van der Waals surface area contributed by atoms with Crippen molar-refractivity contribution < 1.29 is 30.7 Å². The highest BCUT2D eigenvalue weighted by Crippen LogP contribution is 2.56. The molecule has 0 atom stereocenters. The Hall–Kier alpha value is -2.05. The molecule has 0 nitrogen and oxygen atoms in total. The lowest BCUT2D eigenvalue weighted by Crippen LogP contribution is -2.54. The van der Waals surface area contributed by atoms with Crippen molar-refractivity contribution in [3.63, 3.8) is 0 Å². The molecule has 130 valence electrons. The van der Waals surface area contributed by atoms with Crippen molar-refractivity contribution >= 4 is 0 Å². The van der Waals surface area contributed by atoms with Gasteiger partial charge in [0.25, 0.3) is 0 Å². The summed E-state index contributed by atoms with van der Waals surface area (Å²) in [6.07, 6.45) is -11.3. The van der Waals surface area contributed by atoms with E-state index in [4.69, 9.17) is 0 Å². The first-order valence-electron chi connectivity index (χ1n) is 6.88. The maximum Gasteiger partial charge on any atom is 0.411 e. The molecule has 24 heavy (non-hydrogen) atoms. The zero-order valence-electron chi connectivity index (χ0n) is 12.7. The monoisotopic (exact) mass is 350 g/mol. The second kappa shape index (κ2) is 5.79. The van der Waals surface area contributed by atoms with Gasteiger partial charge in [-0.3, -0.25) is 0 Å². The molecule has 0 heterocycles. The molecule has 0 aliphatic carbocycles. The Morgan fingerprint density at radius 1 is 0.625 bits per heavy atom. The second-order valence-corrected chi connectivity index (χ2v) is 5.55. The van der Waals surface area contributed by atoms with Gasteiger partial charge in [-0.05, 0) is 48.2 Å². The molecule has 2 aromatic carbocycles. The molecule has 0 saturated carbocycles. The number of halogens is 7. The molecule has 0 amide bonds. The van der Waals surface area contributed by atoms with Crippen molar-refractivity contribution in [2.45, 2.75) is 31.6 Å². The molecule has 0 unspecified atom stereocenters. The van der Waals surface area contributed by atoms with Gasteiger partial charge in [-0.15, -0.1) is 0 Å². The van der Waals surface area contributed by atoms with E-state index in [0.717, 1.165) is 12.1 Å². The molecule has 0 spiro atoms. The third-order valence-electron chi connectivity index (χ3n) is 4.07. The van der Waals surface area contributed by atoms with Gasteiger partial charge in [-0.1, -0.05) is 30.3 Å². The quantitative estimate of drug-likeness (QED) is 0.596. The van der Waals surface area contributed by atoms with Gasteiger partial charge in [0, 0.05) is 0 Å². The number of benzene rings is 2. The first-order chi connectivity index (χ1) is 10.9. The highest BCUT2D eigenvalue weighted by atomic mass is 19.4. The van der Waals surface area contributed by atoms with Gasteiger partial charge in [-0.2, -0.15) is 26.3 Å². The van der Waals surface area contributed by atoms with Crippen LogP contribution in [0.15, 0.2) is 42.5 Å². The van der Waals surface area contributed by atoms with Crippen molar-refractivity contribution in [3.05, 3.63) is 70.5 Å². The van der Waals surface area contributed by atoms with Gasteiger partial charge in [0.05, 0.1) is 0 Å². The van der Waals surface area contributed by atoms with Crippen LogP contribution in [0.4, 0.5) is 30.7 Å². The lowest BCUT2D eigenvalue weighted by Gasteiger charge is -2.38. The van der Waals surface area contributed by atoms with Crippen LogP contribution < -0.4 is 0 Å². The lowest BCUT2D eigenvalue weighted by molar-refractivity contribution is -0.288. The van der Waals surface area contributed by atoms with Crippen molar-refractivity contribution in [2.75, 3.05) is 0 Å². The first kappa shape index (κ1) is 18.3. The number of hydrogen-bond donors (Lipinski definition) is 0. The van der Waals surface area contributed by atoms with Crippen LogP contribution in [0.25, 0.3) is 0 Å². The minimum atomic E-state index is -5.66. The van der Waals surface area contributed by atoms with Crippen LogP contribution in [0.5, 0.6) is 0 Å². The standard InChI is InChI=1S/C17H13F7/c1-10-3-4-13(9-11(10)2)15(16(19,20)21,17(22,23)24)12-5-7-14(18)8-6-12/h3-9H,1-2H3. The van der Waals surface area contributed by atoms with E-state index in [0.29, 0.717) is 35.4 Å². The highest BCUT2D eigenvalue weighted by molar-refractivity contribution is 5.46. The molecule has 0 saturated heterocycles. The summed E-state index contributed by atoms with van der Waals surface area (Å²) in [6, 6.07) is 5.11. The van der Waals surface area contributed by atoms with Crippen molar-refractivity contribution in [2.24, 2.45) is 0 Å². The van der Waals surface area contributed by atoms with E-state index in [2.05, 4.69) is 0 Å². The highest BCUT2D eigenvalue weighted by Gasteiger charge is 2.72. The summed E-state index contributed by atoms with van der Waals surface area (Å²) in [5, 5.41) is 0. The predicted octanol–water partition coefficient (Wildman–Crippen LogP) is 5.85. The smallest absolute Gasteiger partial charge is 0.207 e. The number of alkyl halides is 6. The van der Waals surface area contributed by atoms with Gasteiger partial charge in [0.15, 0.2) is 0 Å². The fourth-order valence-corrected chi connectivity index (χ4v) is 2.66. The van der Waals surface area contributed by atoms with Crippen LogP contribution in [0.3, 0.4) is 0 Å². The Labute approximate surface area is 133 Å². The molecule has 0 aliphatic rings. The average Bonchev–Trinajstić information content (AvgIpc) is 2.42. The SMILES string of the molecule is Cc1ccc(C(c2ccc(F)cc2)(C(F)(F)F)C(F)(F)F)cc1C. The molecule has 0 N–H and O–H groups in total. The van der Waals surface area contributed by atoms with Crippen LogP contribution in [0.2, 0.25) is 0 Å². The summed E-state index contributed by atoms with van der Waals surface area (Å²) in [6.45, 7) is 3.01. The molecule has 2 aromatic rings. The third kappa shape index (κ3) is 2.76. The van der Waals surface area contributed by atoms with E-state index >= 15 is 0 Å². The molecule has 0 aromatic heterocycles. The van der Waals surface area contributed by atoms with Gasteiger partial charge < -0.3 is 0 Å². The Morgan fingerprint density at radius 2 is 1.08 bits per heavy atom. The van der Waals surface area contributed by atoms with E-state index in [9.17, 15) is 30.7 Å². The fourth-order valence-electron chi connectivity index (χ4n) is 2.66. The zero-order chi connectivity index (χ0) is 18.3. The van der Waals surface area contributed by atoms with Gasteiger partial charge in [0.1, 0.15) is 5.82 Å². The molecular weight excluding hydrogens is 337 g/mol. The Bertz CT molecular complexity index is 710. The van der Waals surface area contributed by atoms with Crippen LogP contribution in [0, 0.1) is 19.7 Å². The maximum atomic E-state index is 13.8. The summed E-state index contributed by atoms with van der Waals surface area (Å²) in [7, 11) is 0. The fraction of sp³-hybridized carbons (Fsp3) is 0.294. The molecular formula is C17H13F7. The first-order valence-corrected chi connectivity index (χ1v) is 6.88. The van der Waals surface area contributed by atoms with Crippen LogP contribution in [0.1, 0.15) is 22.3 Å². The van der Waals surface area contributed by atoms with Crippen LogP contribution in [-0.2, 0) is 5.41 Å². The summed E-state index contributed by atoms with van der Waals surface area (Å²) in [4.78, 5) is 0. The molecule has 7 heteroatoms. The Morgan fingerprint density at radius 3 is 1.50 bits per heavy atom. The summed E-state index contributed by atoms with van der Waals surface area (Å²) in [5.74, 6) is -0.919. The topological polar surface area (TPSA) is 0 Å². The normalized spacial score (nSPS) is 13.2. The van der Waals surface area contributed by atoms with Gasteiger partial charge in [0.2, 0.25) is 5.41 Å². The van der Waals surface area contributed by atoms with E-state index in [1.54, 1.807) is 6.92 Å². The minimum absolute atomic E-state index is 0.299. The van der Waals surface area contributed by atoms with E-state index < -0.39 is 34.7 Å². The number of hydrogen-bond acceptors (Lipinski definition) is 0. The Kier molecular flexibility index (Phi) is 4.41. The van der Waals surface area contributed by atoms with Gasteiger partial charge in [-0.25, -0.2) is 4.39 Å². The van der Waals surface area contributed by atoms with Crippen molar-refractivity contribution in [3.8, 4) is 0 Å². The van der Waals surface area contributed by atoms with Crippen molar-refractivity contribution in [1.82, 2.24) is 0 Å². The zero-order valence-corrected chi connectivity index (χ0v) is 12.7. The molecule has 0 bridgehead atoms. The third-order valence-corrected chi connectivity index (χ3v) is 4.07. The maximum absolute atomic E-state index is 13.8. The Balaban J connectivity index is 2.91. The van der Waals surface area contributed by atoms with Gasteiger partial charge >= 0.3 is 12.4 Å². The molecule has 0 aliphatic heterocycles. The average molecular weight is 350 g/mol. The summed E-state index contributed by atoms with van der Waals surface area (Å²) >= 11 is 0. The largest absolute Gasteiger partial charge is 0.411 e. The summed E-state index contributed by atoms with van der Waals surface area (Å²) < 4.78 is 95.6. The van der Waals surface area contributed by atoms with Crippen molar-refractivity contribution in [1.29, 1.82) is 0 Å². The minimum Gasteiger partial charge on any atom is -0.207 e. The molecule has 2 rings (SSSR count). The predicted molar refractivity (Wildman–Crippen MR) is 75.2 cm³/mol. The molecule has 0 radical (unpaired) electrons. The number of aryl methyl sites for hydroxylation is 2. The van der Waals surface area contributed by atoms with Crippen LogP contribution >= 0.6 is 0 Å². The van der Waals surface area contributed by atoms with E-state index in [1.807, 2.05) is 0 Å². The lowest BCUT2D eigenvalue weighted by atomic mass is 9.72. The molecule has 0 fully saturated rings.